The SMILES string of the molecule is COC(=O)c1ccccc1NC1CC(C)(C)CC(C)(C)C1. The highest BCUT2D eigenvalue weighted by molar-refractivity contribution is 5.95. The molecule has 1 aliphatic carbocycles. The van der Waals surface area contributed by atoms with Gasteiger partial charge in [0, 0.05) is 11.7 Å². The second-order valence-electron chi connectivity index (χ2n) is 7.79. The number of nitrogens with one attached hydrogen (secondary N) is 1. The van der Waals surface area contributed by atoms with Crippen molar-refractivity contribution < 1.29 is 9.53 Å². The Morgan fingerprint density at radius 3 is 2.29 bits per heavy atom. The molecule has 0 heterocycles. The molecule has 1 aromatic carbocycles. The lowest BCUT2D eigenvalue weighted by Gasteiger charge is -2.45. The fraction of sp³-hybridized carbons (Fsp3) is 0.611. The molecule has 1 aliphatic rings. The van der Waals surface area contributed by atoms with Crippen molar-refractivity contribution in [2.45, 2.75) is 53.0 Å². The van der Waals surface area contributed by atoms with Crippen LogP contribution in [0, 0.1) is 10.8 Å². The molecule has 0 saturated heterocycles. The average Bonchev–Trinajstić information content (AvgIpc) is 2.34. The van der Waals surface area contributed by atoms with Gasteiger partial charge >= 0.3 is 5.97 Å². The number of para-hydroxylation sites is 1. The van der Waals surface area contributed by atoms with Crippen LogP contribution in [-0.2, 0) is 4.74 Å². The van der Waals surface area contributed by atoms with Gasteiger partial charge in [-0.2, -0.15) is 0 Å². The summed E-state index contributed by atoms with van der Waals surface area (Å²) in [6.07, 6.45) is 3.47. The molecule has 1 saturated carbocycles. The number of ether oxygens (including phenoxy) is 1. The number of methoxy groups -OCH3 is 1. The third kappa shape index (κ3) is 3.99. The van der Waals surface area contributed by atoms with E-state index < -0.39 is 0 Å². The molecule has 3 heteroatoms. The van der Waals surface area contributed by atoms with Gasteiger partial charge in [-0.3, -0.25) is 0 Å². The van der Waals surface area contributed by atoms with E-state index in [1.54, 1.807) is 0 Å². The highest BCUT2D eigenvalue weighted by Gasteiger charge is 2.38. The predicted octanol–water partition coefficient (Wildman–Crippen LogP) is 4.49. The van der Waals surface area contributed by atoms with Crippen molar-refractivity contribution in [3.8, 4) is 0 Å². The molecule has 0 spiro atoms. The minimum Gasteiger partial charge on any atom is -0.465 e. The van der Waals surface area contributed by atoms with E-state index in [-0.39, 0.29) is 5.97 Å². The number of benzene rings is 1. The first-order valence-electron chi connectivity index (χ1n) is 7.66. The third-order valence-corrected chi connectivity index (χ3v) is 4.25. The standard InChI is InChI=1S/C18H27NO2/c1-17(2)10-13(11-18(3,4)12-17)19-15-9-7-6-8-14(15)16(20)21-5/h6-9,13,19H,10-12H2,1-5H3. The highest BCUT2D eigenvalue weighted by atomic mass is 16.5. The van der Waals surface area contributed by atoms with Crippen LogP contribution in [0.2, 0.25) is 0 Å². The van der Waals surface area contributed by atoms with Crippen LogP contribution in [-0.4, -0.2) is 19.1 Å². The second kappa shape index (κ2) is 5.70. The van der Waals surface area contributed by atoms with Gasteiger partial charge in [0.05, 0.1) is 12.7 Å². The van der Waals surface area contributed by atoms with E-state index in [1.807, 2.05) is 24.3 Å². The van der Waals surface area contributed by atoms with E-state index in [0.717, 1.165) is 18.5 Å². The van der Waals surface area contributed by atoms with Crippen LogP contribution in [0.5, 0.6) is 0 Å². The molecule has 0 aliphatic heterocycles. The summed E-state index contributed by atoms with van der Waals surface area (Å²) in [5, 5.41) is 3.58. The van der Waals surface area contributed by atoms with Crippen LogP contribution in [0.25, 0.3) is 0 Å². The first-order valence-corrected chi connectivity index (χ1v) is 7.66. The van der Waals surface area contributed by atoms with Gasteiger partial charge in [0.1, 0.15) is 0 Å². The largest absolute Gasteiger partial charge is 0.465 e. The van der Waals surface area contributed by atoms with Crippen LogP contribution >= 0.6 is 0 Å². The lowest BCUT2D eigenvalue weighted by atomic mass is 9.63. The first-order chi connectivity index (χ1) is 9.72. The molecule has 1 fully saturated rings. The summed E-state index contributed by atoms with van der Waals surface area (Å²) in [5.41, 5.74) is 2.13. The summed E-state index contributed by atoms with van der Waals surface area (Å²) >= 11 is 0. The Labute approximate surface area is 128 Å². The molecule has 0 radical (unpaired) electrons. The van der Waals surface area contributed by atoms with Gasteiger partial charge in [0.2, 0.25) is 0 Å². The molecule has 0 amide bonds. The van der Waals surface area contributed by atoms with Gasteiger partial charge in [-0.25, -0.2) is 4.79 Å². The number of esters is 1. The molecule has 2 rings (SSSR count). The van der Waals surface area contributed by atoms with E-state index >= 15 is 0 Å². The number of hydrogen-bond donors (Lipinski definition) is 1. The van der Waals surface area contributed by atoms with E-state index in [2.05, 4.69) is 33.0 Å². The molecular formula is C18H27NO2. The molecule has 0 atom stereocenters. The Balaban J connectivity index is 2.20. The minimum atomic E-state index is -0.285. The lowest BCUT2D eigenvalue weighted by Crippen LogP contribution is -2.40. The molecule has 21 heavy (non-hydrogen) atoms. The van der Waals surface area contributed by atoms with Gasteiger partial charge < -0.3 is 10.1 Å². The second-order valence-corrected chi connectivity index (χ2v) is 7.79. The fourth-order valence-electron chi connectivity index (χ4n) is 4.06. The molecule has 0 unspecified atom stereocenters. The van der Waals surface area contributed by atoms with Crippen LogP contribution in [0.1, 0.15) is 57.3 Å². The molecular weight excluding hydrogens is 262 g/mol. The molecule has 3 nitrogen and oxygen atoms in total. The maximum atomic E-state index is 11.9. The van der Waals surface area contributed by atoms with Crippen molar-refractivity contribution in [2.75, 3.05) is 12.4 Å². The van der Waals surface area contributed by atoms with Crippen molar-refractivity contribution in [2.24, 2.45) is 10.8 Å². The van der Waals surface area contributed by atoms with E-state index in [1.165, 1.54) is 13.5 Å². The fourth-order valence-corrected chi connectivity index (χ4v) is 4.06. The molecule has 1 aromatic rings. The summed E-state index contributed by atoms with van der Waals surface area (Å²) in [7, 11) is 1.42. The summed E-state index contributed by atoms with van der Waals surface area (Å²) in [5.74, 6) is -0.285. The molecule has 0 aromatic heterocycles. The Morgan fingerprint density at radius 2 is 1.71 bits per heavy atom. The molecule has 0 bridgehead atoms. The zero-order valence-electron chi connectivity index (χ0n) is 13.8. The number of carbonyl (C=O) groups excluding carboxylic acids is 1. The normalized spacial score (nSPS) is 20.8. The monoisotopic (exact) mass is 289 g/mol. The van der Waals surface area contributed by atoms with Crippen LogP contribution in [0.3, 0.4) is 0 Å². The van der Waals surface area contributed by atoms with Crippen molar-refractivity contribution in [1.29, 1.82) is 0 Å². The predicted molar refractivity (Wildman–Crippen MR) is 86.6 cm³/mol. The lowest BCUT2D eigenvalue weighted by molar-refractivity contribution is 0.0601. The maximum Gasteiger partial charge on any atom is 0.339 e. The topological polar surface area (TPSA) is 38.3 Å². The summed E-state index contributed by atoms with van der Waals surface area (Å²) in [4.78, 5) is 11.9. The third-order valence-electron chi connectivity index (χ3n) is 4.25. The van der Waals surface area contributed by atoms with Gasteiger partial charge in [-0.1, -0.05) is 39.8 Å². The number of anilines is 1. The van der Waals surface area contributed by atoms with E-state index in [0.29, 0.717) is 22.4 Å². The van der Waals surface area contributed by atoms with Gasteiger partial charge in [-0.15, -0.1) is 0 Å². The Morgan fingerprint density at radius 1 is 1.14 bits per heavy atom. The molecule has 116 valence electrons. The average molecular weight is 289 g/mol. The quantitative estimate of drug-likeness (QED) is 0.833. The zero-order valence-corrected chi connectivity index (χ0v) is 13.8. The Hall–Kier alpha value is -1.51. The summed E-state index contributed by atoms with van der Waals surface area (Å²) in [6.45, 7) is 9.31. The van der Waals surface area contributed by atoms with E-state index in [4.69, 9.17) is 4.74 Å². The van der Waals surface area contributed by atoms with Crippen molar-refractivity contribution >= 4 is 11.7 Å². The van der Waals surface area contributed by atoms with Gasteiger partial charge in [0.15, 0.2) is 0 Å². The summed E-state index contributed by atoms with van der Waals surface area (Å²) in [6, 6.07) is 7.98. The number of rotatable bonds is 3. The van der Waals surface area contributed by atoms with E-state index in [9.17, 15) is 4.79 Å². The highest BCUT2D eigenvalue weighted by Crippen LogP contribution is 2.46. The number of hydrogen-bond acceptors (Lipinski definition) is 3. The van der Waals surface area contributed by atoms with Gasteiger partial charge in [0.25, 0.3) is 0 Å². The molecule has 1 N–H and O–H groups in total. The van der Waals surface area contributed by atoms with Gasteiger partial charge in [-0.05, 0) is 42.2 Å². The van der Waals surface area contributed by atoms with Crippen LogP contribution in [0.4, 0.5) is 5.69 Å². The zero-order chi connectivity index (χ0) is 15.7. The number of carbonyl (C=O) groups is 1. The van der Waals surface area contributed by atoms with Crippen molar-refractivity contribution in [1.82, 2.24) is 0 Å². The Bertz CT molecular complexity index is 504. The van der Waals surface area contributed by atoms with Crippen molar-refractivity contribution in [3.05, 3.63) is 29.8 Å². The van der Waals surface area contributed by atoms with Crippen molar-refractivity contribution in [3.63, 3.8) is 0 Å². The smallest absolute Gasteiger partial charge is 0.339 e. The maximum absolute atomic E-state index is 11.9. The van der Waals surface area contributed by atoms with Crippen LogP contribution in [0.15, 0.2) is 24.3 Å². The first kappa shape index (κ1) is 15.9. The minimum absolute atomic E-state index is 0.285. The summed E-state index contributed by atoms with van der Waals surface area (Å²) < 4.78 is 4.87. The Kier molecular flexibility index (Phi) is 4.31. The van der Waals surface area contributed by atoms with Crippen LogP contribution < -0.4 is 5.32 Å².